The Morgan fingerprint density at radius 2 is 1.74 bits per heavy atom. The lowest BCUT2D eigenvalue weighted by Gasteiger charge is -2.09. The number of nitrogens with one attached hydrogen (secondary N) is 1. The SMILES string of the molecule is O=C(Nc1ccc(-c2nnnn2C2CC2)cc1)c1cc(C2CC2)nn1-c1ccccc1. The van der Waals surface area contributed by atoms with Gasteiger partial charge in [-0.1, -0.05) is 18.2 Å². The van der Waals surface area contributed by atoms with Gasteiger partial charge in [-0.2, -0.15) is 5.10 Å². The van der Waals surface area contributed by atoms with E-state index in [0.29, 0.717) is 23.3 Å². The van der Waals surface area contributed by atoms with E-state index in [1.54, 1.807) is 4.68 Å². The molecule has 4 aromatic rings. The maximum Gasteiger partial charge on any atom is 0.274 e. The van der Waals surface area contributed by atoms with Gasteiger partial charge >= 0.3 is 0 Å². The maximum atomic E-state index is 13.1. The molecule has 8 heteroatoms. The fourth-order valence-electron chi connectivity index (χ4n) is 3.75. The van der Waals surface area contributed by atoms with Gasteiger partial charge in [-0.15, -0.1) is 5.10 Å². The van der Waals surface area contributed by atoms with E-state index in [2.05, 4.69) is 20.8 Å². The molecule has 8 nitrogen and oxygen atoms in total. The van der Waals surface area contributed by atoms with Crippen molar-refractivity contribution < 1.29 is 4.79 Å². The number of benzene rings is 2. The van der Waals surface area contributed by atoms with Crippen molar-refractivity contribution in [3.05, 3.63) is 72.1 Å². The molecule has 0 saturated heterocycles. The lowest BCUT2D eigenvalue weighted by Crippen LogP contribution is -2.16. The number of tetrazole rings is 1. The van der Waals surface area contributed by atoms with Crippen LogP contribution in [-0.2, 0) is 0 Å². The summed E-state index contributed by atoms with van der Waals surface area (Å²) in [6, 6.07) is 19.7. The summed E-state index contributed by atoms with van der Waals surface area (Å²) >= 11 is 0. The molecule has 0 unspecified atom stereocenters. The van der Waals surface area contributed by atoms with Crippen LogP contribution >= 0.6 is 0 Å². The van der Waals surface area contributed by atoms with Crippen molar-refractivity contribution in [1.29, 1.82) is 0 Å². The lowest BCUT2D eigenvalue weighted by molar-refractivity contribution is 0.101. The van der Waals surface area contributed by atoms with Gasteiger partial charge in [0.1, 0.15) is 5.69 Å². The van der Waals surface area contributed by atoms with Gasteiger partial charge < -0.3 is 5.32 Å². The first-order valence-corrected chi connectivity index (χ1v) is 10.6. The van der Waals surface area contributed by atoms with Crippen molar-refractivity contribution >= 4 is 11.6 Å². The van der Waals surface area contributed by atoms with E-state index in [4.69, 9.17) is 5.10 Å². The van der Waals surface area contributed by atoms with Crippen LogP contribution in [-0.4, -0.2) is 35.9 Å². The molecule has 154 valence electrons. The summed E-state index contributed by atoms with van der Waals surface area (Å²) in [5.74, 6) is 1.05. The van der Waals surface area contributed by atoms with E-state index in [-0.39, 0.29) is 5.91 Å². The summed E-state index contributed by atoms with van der Waals surface area (Å²) in [4.78, 5) is 13.1. The van der Waals surface area contributed by atoms with Crippen LogP contribution in [0.2, 0.25) is 0 Å². The zero-order valence-electron chi connectivity index (χ0n) is 16.8. The predicted molar refractivity (Wildman–Crippen MR) is 115 cm³/mol. The lowest BCUT2D eigenvalue weighted by atomic mass is 10.2. The molecule has 0 aliphatic heterocycles. The Labute approximate surface area is 178 Å². The third-order valence-electron chi connectivity index (χ3n) is 5.74. The third kappa shape index (κ3) is 3.50. The topological polar surface area (TPSA) is 90.5 Å². The van der Waals surface area contributed by atoms with Crippen LogP contribution in [0.5, 0.6) is 0 Å². The monoisotopic (exact) mass is 411 g/mol. The van der Waals surface area contributed by atoms with Crippen LogP contribution in [0, 0.1) is 0 Å². The van der Waals surface area contributed by atoms with Crippen molar-refractivity contribution in [2.24, 2.45) is 0 Å². The summed E-state index contributed by atoms with van der Waals surface area (Å²) in [5.41, 5.74) is 4.04. The number of carbonyl (C=O) groups is 1. The number of aromatic nitrogens is 6. The zero-order chi connectivity index (χ0) is 20.8. The van der Waals surface area contributed by atoms with Crippen molar-refractivity contribution in [1.82, 2.24) is 30.0 Å². The normalized spacial score (nSPS) is 15.7. The highest BCUT2D eigenvalue weighted by atomic mass is 16.2. The van der Waals surface area contributed by atoms with Gasteiger partial charge in [-0.3, -0.25) is 4.79 Å². The summed E-state index contributed by atoms with van der Waals surface area (Å²) in [6.45, 7) is 0. The van der Waals surface area contributed by atoms with Crippen LogP contribution in [0.4, 0.5) is 5.69 Å². The molecule has 2 aliphatic rings. The standard InChI is InChI=1S/C23H21N7O/c31-23(21-14-20(15-6-7-15)26-29(21)18-4-2-1-3-5-18)24-17-10-8-16(9-11-17)22-25-27-28-30(22)19-12-13-19/h1-5,8-11,14-15,19H,6-7,12-13H2,(H,24,31). The largest absolute Gasteiger partial charge is 0.321 e. The van der Waals surface area contributed by atoms with Crippen molar-refractivity contribution in [2.75, 3.05) is 5.32 Å². The van der Waals surface area contributed by atoms with Crippen LogP contribution in [0.15, 0.2) is 60.7 Å². The second-order valence-electron chi connectivity index (χ2n) is 8.19. The summed E-state index contributed by atoms with van der Waals surface area (Å²) in [5, 5.41) is 19.8. The van der Waals surface area contributed by atoms with Gasteiger partial charge in [0, 0.05) is 17.2 Å². The van der Waals surface area contributed by atoms with Crippen LogP contribution in [0.1, 0.15) is 53.8 Å². The molecule has 2 aliphatic carbocycles. The highest BCUT2D eigenvalue weighted by Crippen LogP contribution is 2.40. The van der Waals surface area contributed by atoms with E-state index in [1.807, 2.05) is 65.3 Å². The second-order valence-corrected chi connectivity index (χ2v) is 8.19. The number of anilines is 1. The molecule has 2 aromatic heterocycles. The van der Waals surface area contributed by atoms with Gasteiger partial charge in [0.05, 0.1) is 17.4 Å². The molecule has 1 amide bonds. The number of carbonyl (C=O) groups excluding carboxylic acids is 1. The van der Waals surface area contributed by atoms with Gasteiger partial charge in [-0.05, 0) is 78.6 Å². The van der Waals surface area contributed by atoms with Crippen LogP contribution < -0.4 is 5.32 Å². The van der Waals surface area contributed by atoms with E-state index in [9.17, 15) is 4.79 Å². The number of hydrogen-bond donors (Lipinski definition) is 1. The van der Waals surface area contributed by atoms with Gasteiger partial charge in [0.2, 0.25) is 0 Å². The molecule has 1 N–H and O–H groups in total. The Balaban J connectivity index is 1.26. The Bertz CT molecular complexity index is 1230. The number of rotatable bonds is 6. The minimum absolute atomic E-state index is 0.182. The van der Waals surface area contributed by atoms with E-state index < -0.39 is 0 Å². The molecule has 0 bridgehead atoms. The Morgan fingerprint density at radius 1 is 0.968 bits per heavy atom. The number of amides is 1. The Kier molecular flexibility index (Phi) is 4.15. The highest BCUT2D eigenvalue weighted by Gasteiger charge is 2.29. The molecule has 0 radical (unpaired) electrons. The first-order chi connectivity index (χ1) is 15.3. The smallest absolute Gasteiger partial charge is 0.274 e. The highest BCUT2D eigenvalue weighted by molar-refractivity contribution is 6.03. The maximum absolute atomic E-state index is 13.1. The molecule has 31 heavy (non-hydrogen) atoms. The van der Waals surface area contributed by atoms with Gasteiger partial charge in [0.15, 0.2) is 5.82 Å². The quantitative estimate of drug-likeness (QED) is 0.518. The minimum Gasteiger partial charge on any atom is -0.321 e. The minimum atomic E-state index is -0.182. The number of para-hydroxylation sites is 1. The third-order valence-corrected chi connectivity index (χ3v) is 5.74. The molecule has 0 spiro atoms. The summed E-state index contributed by atoms with van der Waals surface area (Å²) < 4.78 is 3.62. The van der Waals surface area contributed by atoms with Crippen LogP contribution in [0.25, 0.3) is 17.1 Å². The molecule has 2 saturated carbocycles. The van der Waals surface area contributed by atoms with E-state index in [1.165, 1.54) is 0 Å². The molecular formula is C23H21N7O. The zero-order valence-corrected chi connectivity index (χ0v) is 16.8. The average Bonchev–Trinajstić information content (AvgIpc) is 3.74. The summed E-state index contributed by atoms with van der Waals surface area (Å²) in [7, 11) is 0. The van der Waals surface area contributed by atoms with E-state index in [0.717, 1.165) is 48.5 Å². The van der Waals surface area contributed by atoms with Crippen molar-refractivity contribution in [3.63, 3.8) is 0 Å². The average molecular weight is 411 g/mol. The second kappa shape index (κ2) is 7.16. The molecule has 2 heterocycles. The molecular weight excluding hydrogens is 390 g/mol. The van der Waals surface area contributed by atoms with Gasteiger partial charge in [-0.25, -0.2) is 9.36 Å². The first-order valence-electron chi connectivity index (χ1n) is 10.6. The Hall–Kier alpha value is -3.81. The summed E-state index contributed by atoms with van der Waals surface area (Å²) in [6.07, 6.45) is 4.50. The number of hydrogen-bond acceptors (Lipinski definition) is 5. The van der Waals surface area contributed by atoms with Crippen molar-refractivity contribution in [3.8, 4) is 17.1 Å². The molecule has 2 fully saturated rings. The van der Waals surface area contributed by atoms with Gasteiger partial charge in [0.25, 0.3) is 5.91 Å². The number of nitrogens with zero attached hydrogens (tertiary/aromatic N) is 6. The first kappa shape index (κ1) is 18.0. The van der Waals surface area contributed by atoms with E-state index >= 15 is 0 Å². The molecule has 0 atom stereocenters. The predicted octanol–water partition coefficient (Wildman–Crippen LogP) is 3.99. The van der Waals surface area contributed by atoms with Crippen LogP contribution in [0.3, 0.4) is 0 Å². The van der Waals surface area contributed by atoms with Crippen molar-refractivity contribution in [2.45, 2.75) is 37.6 Å². The molecule has 2 aromatic carbocycles. The fraction of sp³-hybridized carbons (Fsp3) is 0.261. The Morgan fingerprint density at radius 3 is 2.45 bits per heavy atom. The fourth-order valence-corrected chi connectivity index (χ4v) is 3.75. The molecule has 6 rings (SSSR count).